The van der Waals surface area contributed by atoms with Crippen LogP contribution in [0.4, 0.5) is 5.13 Å². The molecule has 1 aromatic carbocycles. The van der Waals surface area contributed by atoms with Crippen molar-refractivity contribution in [3.63, 3.8) is 0 Å². The second-order valence-corrected chi connectivity index (χ2v) is 6.64. The number of benzene rings is 1. The van der Waals surface area contributed by atoms with Crippen LogP contribution in [0.1, 0.15) is 42.8 Å². The zero-order chi connectivity index (χ0) is 15.2. The lowest BCUT2D eigenvalue weighted by molar-refractivity contribution is 0.713. The van der Waals surface area contributed by atoms with Gasteiger partial charge in [-0.1, -0.05) is 51.1 Å². The van der Waals surface area contributed by atoms with Gasteiger partial charge in [-0.2, -0.15) is 0 Å². The fourth-order valence-corrected chi connectivity index (χ4v) is 3.40. The predicted molar refractivity (Wildman–Crippen MR) is 92.1 cm³/mol. The van der Waals surface area contributed by atoms with Gasteiger partial charge < -0.3 is 10.2 Å². The Kier molecular flexibility index (Phi) is 5.76. The minimum atomic E-state index is 0.466. The van der Waals surface area contributed by atoms with E-state index in [9.17, 15) is 0 Å². The molecular weight excluding hydrogens is 278 g/mol. The molecule has 4 heteroatoms. The topological polar surface area (TPSA) is 28.2 Å². The molecule has 2 rings (SSSR count). The van der Waals surface area contributed by atoms with Crippen molar-refractivity contribution in [3.8, 4) is 0 Å². The molecule has 1 N–H and O–H groups in total. The van der Waals surface area contributed by atoms with Crippen LogP contribution >= 0.6 is 11.3 Å². The van der Waals surface area contributed by atoms with Crippen LogP contribution in [-0.4, -0.2) is 18.6 Å². The fourth-order valence-electron chi connectivity index (χ4n) is 2.26. The minimum Gasteiger partial charge on any atom is -0.347 e. The van der Waals surface area contributed by atoms with Crippen LogP contribution in [0.15, 0.2) is 30.3 Å². The van der Waals surface area contributed by atoms with Crippen molar-refractivity contribution in [3.05, 3.63) is 46.5 Å². The average Bonchev–Trinajstić information content (AvgIpc) is 2.90. The fraction of sp³-hybridized carbons (Fsp3) is 0.471. The largest absolute Gasteiger partial charge is 0.347 e. The SMILES string of the molecule is CCNCc1sc(N(C)Cc2ccccc2)nc1C(C)C. The molecule has 0 aliphatic carbocycles. The molecule has 1 heterocycles. The Bertz CT molecular complexity index is 548. The van der Waals surface area contributed by atoms with Crippen LogP contribution < -0.4 is 10.2 Å². The number of anilines is 1. The maximum Gasteiger partial charge on any atom is 0.185 e. The zero-order valence-corrected chi connectivity index (χ0v) is 14.2. The summed E-state index contributed by atoms with van der Waals surface area (Å²) in [5.41, 5.74) is 2.55. The van der Waals surface area contributed by atoms with Crippen LogP contribution in [0.2, 0.25) is 0 Å². The van der Waals surface area contributed by atoms with E-state index in [2.05, 4.69) is 68.4 Å². The van der Waals surface area contributed by atoms with Gasteiger partial charge in [-0.25, -0.2) is 4.98 Å². The summed E-state index contributed by atoms with van der Waals surface area (Å²) in [7, 11) is 2.12. The third-order valence-corrected chi connectivity index (χ3v) is 4.57. The van der Waals surface area contributed by atoms with E-state index >= 15 is 0 Å². The third-order valence-electron chi connectivity index (χ3n) is 3.39. The van der Waals surface area contributed by atoms with E-state index in [0.29, 0.717) is 5.92 Å². The van der Waals surface area contributed by atoms with Crippen molar-refractivity contribution in [2.45, 2.75) is 39.8 Å². The molecule has 0 unspecified atom stereocenters. The molecule has 114 valence electrons. The highest BCUT2D eigenvalue weighted by molar-refractivity contribution is 7.15. The van der Waals surface area contributed by atoms with E-state index in [1.54, 1.807) is 0 Å². The van der Waals surface area contributed by atoms with Gasteiger partial charge in [-0.15, -0.1) is 11.3 Å². The Morgan fingerprint density at radius 2 is 1.95 bits per heavy atom. The first-order valence-corrected chi connectivity index (χ1v) is 8.38. The highest BCUT2D eigenvalue weighted by atomic mass is 32.1. The molecule has 1 aromatic heterocycles. The van der Waals surface area contributed by atoms with Gasteiger partial charge in [0.05, 0.1) is 5.69 Å². The van der Waals surface area contributed by atoms with Crippen molar-refractivity contribution in [2.24, 2.45) is 0 Å². The second kappa shape index (κ2) is 7.57. The zero-order valence-electron chi connectivity index (χ0n) is 13.4. The lowest BCUT2D eigenvalue weighted by Gasteiger charge is -2.15. The predicted octanol–water partition coefficient (Wildman–Crippen LogP) is 4.01. The molecular formula is C17H25N3S. The van der Waals surface area contributed by atoms with Crippen molar-refractivity contribution < 1.29 is 0 Å². The molecule has 0 radical (unpaired) electrons. The highest BCUT2D eigenvalue weighted by Gasteiger charge is 2.16. The van der Waals surface area contributed by atoms with Gasteiger partial charge in [0.1, 0.15) is 0 Å². The Morgan fingerprint density at radius 1 is 1.24 bits per heavy atom. The van der Waals surface area contributed by atoms with Crippen LogP contribution in [0.5, 0.6) is 0 Å². The normalized spacial score (nSPS) is 11.1. The van der Waals surface area contributed by atoms with Gasteiger partial charge in [-0.3, -0.25) is 0 Å². The molecule has 0 fully saturated rings. The monoisotopic (exact) mass is 303 g/mol. The van der Waals surface area contributed by atoms with E-state index < -0.39 is 0 Å². The summed E-state index contributed by atoms with van der Waals surface area (Å²) in [4.78, 5) is 8.46. The van der Waals surface area contributed by atoms with Crippen molar-refractivity contribution in [1.82, 2.24) is 10.3 Å². The van der Waals surface area contributed by atoms with Gasteiger partial charge >= 0.3 is 0 Å². The van der Waals surface area contributed by atoms with E-state index in [4.69, 9.17) is 4.98 Å². The maximum atomic E-state index is 4.86. The minimum absolute atomic E-state index is 0.466. The van der Waals surface area contributed by atoms with Crippen LogP contribution in [0, 0.1) is 0 Å². The number of rotatable bonds is 7. The summed E-state index contributed by atoms with van der Waals surface area (Å²) in [6.45, 7) is 9.37. The maximum absolute atomic E-state index is 4.86. The Hall–Kier alpha value is -1.39. The Balaban J connectivity index is 2.15. The number of hydrogen-bond acceptors (Lipinski definition) is 4. The lowest BCUT2D eigenvalue weighted by Crippen LogP contribution is -2.16. The number of thiazole rings is 1. The van der Waals surface area contributed by atoms with Gasteiger partial charge in [-0.05, 0) is 18.0 Å². The molecule has 3 nitrogen and oxygen atoms in total. The molecule has 2 aromatic rings. The molecule has 0 bridgehead atoms. The number of hydrogen-bond donors (Lipinski definition) is 1. The Morgan fingerprint density at radius 3 is 2.57 bits per heavy atom. The summed E-state index contributed by atoms with van der Waals surface area (Å²) in [6.07, 6.45) is 0. The first-order valence-electron chi connectivity index (χ1n) is 7.57. The van der Waals surface area contributed by atoms with Gasteiger partial charge in [0, 0.05) is 25.0 Å². The van der Waals surface area contributed by atoms with Gasteiger partial charge in [0.25, 0.3) is 0 Å². The summed E-state index contributed by atoms with van der Waals surface area (Å²) >= 11 is 1.81. The number of nitrogens with zero attached hydrogens (tertiary/aromatic N) is 2. The second-order valence-electron chi connectivity index (χ2n) is 5.58. The summed E-state index contributed by atoms with van der Waals surface area (Å²) in [5.74, 6) is 0.466. The summed E-state index contributed by atoms with van der Waals surface area (Å²) < 4.78 is 0. The molecule has 0 amide bonds. The smallest absolute Gasteiger partial charge is 0.185 e. The molecule has 0 atom stereocenters. The van der Waals surface area contributed by atoms with Crippen molar-refractivity contribution in [2.75, 3.05) is 18.5 Å². The highest BCUT2D eigenvalue weighted by Crippen LogP contribution is 2.30. The number of nitrogens with one attached hydrogen (secondary N) is 1. The molecule has 0 aliphatic rings. The number of aromatic nitrogens is 1. The standard InChI is InChI=1S/C17H25N3S/c1-5-18-11-15-16(13(2)3)19-17(21-15)20(4)12-14-9-7-6-8-10-14/h6-10,13,18H,5,11-12H2,1-4H3. The molecule has 21 heavy (non-hydrogen) atoms. The summed E-state index contributed by atoms with van der Waals surface area (Å²) in [5, 5.41) is 4.52. The first-order chi connectivity index (χ1) is 10.1. The van der Waals surface area contributed by atoms with Crippen LogP contribution in [0.25, 0.3) is 0 Å². The van der Waals surface area contributed by atoms with Crippen LogP contribution in [0.3, 0.4) is 0 Å². The Labute approximate surface area is 132 Å². The molecule has 0 aliphatic heterocycles. The third kappa shape index (κ3) is 4.29. The molecule has 0 saturated carbocycles. The first kappa shape index (κ1) is 16.0. The van der Waals surface area contributed by atoms with Gasteiger partial charge in [0.2, 0.25) is 0 Å². The van der Waals surface area contributed by atoms with Crippen molar-refractivity contribution in [1.29, 1.82) is 0 Å². The quantitative estimate of drug-likeness (QED) is 0.837. The van der Waals surface area contributed by atoms with E-state index in [1.807, 2.05) is 11.3 Å². The van der Waals surface area contributed by atoms with Crippen molar-refractivity contribution >= 4 is 16.5 Å². The van der Waals surface area contributed by atoms with E-state index in [1.165, 1.54) is 16.1 Å². The molecule has 0 spiro atoms. The van der Waals surface area contributed by atoms with E-state index in [-0.39, 0.29) is 0 Å². The molecule has 0 saturated heterocycles. The van der Waals surface area contributed by atoms with Gasteiger partial charge in [0.15, 0.2) is 5.13 Å². The average molecular weight is 303 g/mol. The lowest BCUT2D eigenvalue weighted by atomic mass is 10.1. The summed E-state index contributed by atoms with van der Waals surface area (Å²) in [6, 6.07) is 10.5. The van der Waals surface area contributed by atoms with E-state index in [0.717, 1.165) is 24.8 Å². The van der Waals surface area contributed by atoms with Crippen LogP contribution in [-0.2, 0) is 13.1 Å².